The van der Waals surface area contributed by atoms with E-state index in [2.05, 4.69) is 0 Å². The van der Waals surface area contributed by atoms with Gasteiger partial charge in [0.05, 0.1) is 13.7 Å². The Hall–Kier alpha value is -2.46. The van der Waals surface area contributed by atoms with Crippen molar-refractivity contribution in [1.29, 1.82) is 0 Å². The summed E-state index contributed by atoms with van der Waals surface area (Å²) in [5.41, 5.74) is 1.60. The van der Waals surface area contributed by atoms with Crippen molar-refractivity contribution >= 4 is 28.8 Å². The molecule has 0 saturated heterocycles. The number of aldehydes is 1. The second-order valence-corrected chi connectivity index (χ2v) is 5.52. The number of fused-ring (bicyclic) bond motifs is 1. The molecule has 0 saturated carbocycles. The molecule has 0 unspecified atom stereocenters. The Bertz CT molecular complexity index is 824. The molecule has 4 nitrogen and oxygen atoms in total. The number of ether oxygens (including phenoxy) is 2. The Morgan fingerprint density at radius 3 is 2.57 bits per heavy atom. The molecule has 0 aliphatic rings. The largest absolute Gasteiger partial charge is 0.497 e. The molecule has 5 heteroatoms. The smallest absolute Gasteiger partial charge is 0.152 e. The van der Waals surface area contributed by atoms with Crippen LogP contribution >= 0.6 is 11.6 Å². The molecule has 0 bridgehead atoms. The average molecular weight is 330 g/mol. The lowest BCUT2D eigenvalue weighted by molar-refractivity contribution is 0.112. The van der Waals surface area contributed by atoms with Crippen LogP contribution in [0.3, 0.4) is 0 Å². The first-order valence-corrected chi connectivity index (χ1v) is 7.59. The lowest BCUT2D eigenvalue weighted by atomic mass is 10.2. The molecular formula is C18H16ClNO3. The highest BCUT2D eigenvalue weighted by Crippen LogP contribution is 2.24. The zero-order valence-corrected chi connectivity index (χ0v) is 13.4. The third-order valence-electron chi connectivity index (χ3n) is 3.66. The fourth-order valence-electron chi connectivity index (χ4n) is 2.51. The van der Waals surface area contributed by atoms with E-state index in [-0.39, 0.29) is 0 Å². The van der Waals surface area contributed by atoms with E-state index < -0.39 is 0 Å². The molecule has 0 amide bonds. The van der Waals surface area contributed by atoms with E-state index in [0.29, 0.717) is 23.7 Å². The average Bonchev–Trinajstić information content (AvgIpc) is 2.92. The van der Waals surface area contributed by atoms with Gasteiger partial charge in [0, 0.05) is 27.7 Å². The van der Waals surface area contributed by atoms with Crippen LogP contribution in [0.2, 0.25) is 5.02 Å². The van der Waals surface area contributed by atoms with E-state index in [0.717, 1.165) is 28.7 Å². The molecule has 3 aromatic rings. The monoisotopic (exact) mass is 329 g/mol. The molecule has 0 aliphatic heterocycles. The van der Waals surface area contributed by atoms with Gasteiger partial charge in [0.1, 0.15) is 18.1 Å². The van der Waals surface area contributed by atoms with Crippen LogP contribution in [0.15, 0.2) is 48.7 Å². The van der Waals surface area contributed by atoms with E-state index in [4.69, 9.17) is 21.1 Å². The number of carbonyl (C=O) groups is 1. The highest BCUT2D eigenvalue weighted by atomic mass is 35.5. The van der Waals surface area contributed by atoms with Crippen molar-refractivity contribution in [3.63, 3.8) is 0 Å². The Morgan fingerprint density at radius 1 is 1.13 bits per heavy atom. The SMILES string of the molecule is COc1ccc(OCCn2cc(C=O)c3cc(Cl)ccc32)cc1. The van der Waals surface area contributed by atoms with Gasteiger partial charge in [-0.15, -0.1) is 0 Å². The van der Waals surface area contributed by atoms with Crippen LogP contribution < -0.4 is 9.47 Å². The first-order valence-electron chi connectivity index (χ1n) is 7.21. The standard InChI is InChI=1S/C18H16ClNO3/c1-22-15-3-5-16(6-4-15)23-9-8-20-11-13(12-21)17-10-14(19)2-7-18(17)20/h2-7,10-12H,8-9H2,1H3. The van der Waals surface area contributed by atoms with Crippen LogP contribution in [0.25, 0.3) is 10.9 Å². The van der Waals surface area contributed by atoms with Gasteiger partial charge in [-0.2, -0.15) is 0 Å². The Labute approximate surface area is 139 Å². The summed E-state index contributed by atoms with van der Waals surface area (Å²) < 4.78 is 12.8. The number of aromatic nitrogens is 1. The van der Waals surface area contributed by atoms with E-state index in [1.54, 1.807) is 13.2 Å². The highest BCUT2D eigenvalue weighted by Gasteiger charge is 2.08. The molecule has 2 aromatic carbocycles. The Balaban J connectivity index is 1.72. The van der Waals surface area contributed by atoms with E-state index in [1.165, 1.54) is 0 Å². The first-order chi connectivity index (χ1) is 11.2. The van der Waals surface area contributed by atoms with E-state index in [1.807, 2.05) is 47.2 Å². The second-order valence-electron chi connectivity index (χ2n) is 5.08. The molecule has 0 fully saturated rings. The minimum Gasteiger partial charge on any atom is -0.497 e. The number of nitrogens with zero attached hydrogens (tertiary/aromatic N) is 1. The molecule has 0 spiro atoms. The van der Waals surface area contributed by atoms with Crippen molar-refractivity contribution < 1.29 is 14.3 Å². The van der Waals surface area contributed by atoms with E-state index >= 15 is 0 Å². The van der Waals surface area contributed by atoms with Gasteiger partial charge in [-0.3, -0.25) is 4.79 Å². The summed E-state index contributed by atoms with van der Waals surface area (Å²) in [6.07, 6.45) is 2.67. The maximum absolute atomic E-state index is 11.2. The van der Waals surface area contributed by atoms with Crippen molar-refractivity contribution in [2.75, 3.05) is 13.7 Å². The van der Waals surface area contributed by atoms with Crippen LogP contribution in [0.4, 0.5) is 0 Å². The second kappa shape index (κ2) is 6.75. The maximum Gasteiger partial charge on any atom is 0.152 e. The predicted octanol–water partition coefficient (Wildman–Crippen LogP) is 4.19. The minimum atomic E-state index is 0.497. The molecule has 1 aromatic heterocycles. The molecule has 1 heterocycles. The molecule has 0 N–H and O–H groups in total. The number of hydrogen-bond acceptors (Lipinski definition) is 3. The zero-order chi connectivity index (χ0) is 16.2. The van der Waals surface area contributed by atoms with E-state index in [9.17, 15) is 4.79 Å². The molecule has 0 aliphatic carbocycles. The van der Waals surface area contributed by atoms with Crippen molar-refractivity contribution in [2.45, 2.75) is 6.54 Å². The lowest BCUT2D eigenvalue weighted by Gasteiger charge is -2.09. The third-order valence-corrected chi connectivity index (χ3v) is 3.90. The summed E-state index contributed by atoms with van der Waals surface area (Å²) in [4.78, 5) is 11.2. The lowest BCUT2D eigenvalue weighted by Crippen LogP contribution is -2.07. The predicted molar refractivity (Wildman–Crippen MR) is 90.8 cm³/mol. The summed E-state index contributed by atoms with van der Waals surface area (Å²) in [6.45, 7) is 1.13. The van der Waals surface area contributed by atoms with Crippen LogP contribution in [0.1, 0.15) is 10.4 Å². The zero-order valence-electron chi connectivity index (χ0n) is 12.7. The molecular weight excluding hydrogens is 314 g/mol. The summed E-state index contributed by atoms with van der Waals surface area (Å²) >= 11 is 6.01. The highest BCUT2D eigenvalue weighted by molar-refractivity contribution is 6.31. The van der Waals surface area contributed by atoms with Gasteiger partial charge in [0.15, 0.2) is 6.29 Å². The van der Waals surface area contributed by atoms with Gasteiger partial charge in [0.25, 0.3) is 0 Å². The molecule has 3 rings (SSSR count). The summed E-state index contributed by atoms with van der Waals surface area (Å²) in [5, 5.41) is 1.48. The minimum absolute atomic E-state index is 0.497. The number of methoxy groups -OCH3 is 1. The number of rotatable bonds is 6. The fourth-order valence-corrected chi connectivity index (χ4v) is 2.68. The fraction of sp³-hybridized carbons (Fsp3) is 0.167. The first kappa shape index (κ1) is 15.4. The van der Waals surface area contributed by atoms with Gasteiger partial charge >= 0.3 is 0 Å². The van der Waals surface area contributed by atoms with Gasteiger partial charge < -0.3 is 14.0 Å². The summed E-state index contributed by atoms with van der Waals surface area (Å²) in [6, 6.07) is 13.0. The number of halogens is 1. The van der Waals surface area contributed by atoms with Gasteiger partial charge in [-0.25, -0.2) is 0 Å². The Morgan fingerprint density at radius 2 is 1.87 bits per heavy atom. The van der Waals surface area contributed by atoms with Gasteiger partial charge in [-0.05, 0) is 42.5 Å². The van der Waals surface area contributed by atoms with Crippen molar-refractivity contribution in [2.24, 2.45) is 0 Å². The van der Waals surface area contributed by atoms with Crippen LogP contribution in [0.5, 0.6) is 11.5 Å². The maximum atomic E-state index is 11.2. The summed E-state index contributed by atoms with van der Waals surface area (Å²) in [5.74, 6) is 1.57. The molecule has 118 valence electrons. The third kappa shape index (κ3) is 3.32. The van der Waals surface area contributed by atoms with Gasteiger partial charge in [-0.1, -0.05) is 11.6 Å². The quantitative estimate of drug-likeness (QED) is 0.636. The van der Waals surface area contributed by atoms with Crippen LogP contribution in [-0.4, -0.2) is 24.6 Å². The normalized spacial score (nSPS) is 10.7. The molecule has 23 heavy (non-hydrogen) atoms. The van der Waals surface area contributed by atoms with Crippen LogP contribution in [0, 0.1) is 0 Å². The molecule has 0 radical (unpaired) electrons. The number of hydrogen-bond donors (Lipinski definition) is 0. The Kier molecular flexibility index (Phi) is 4.53. The summed E-state index contributed by atoms with van der Waals surface area (Å²) in [7, 11) is 1.63. The van der Waals surface area contributed by atoms with Crippen molar-refractivity contribution in [3.8, 4) is 11.5 Å². The number of benzene rings is 2. The number of carbonyl (C=O) groups excluding carboxylic acids is 1. The topological polar surface area (TPSA) is 40.5 Å². The van der Waals surface area contributed by atoms with Crippen molar-refractivity contribution in [3.05, 3.63) is 59.2 Å². The van der Waals surface area contributed by atoms with Gasteiger partial charge in [0.2, 0.25) is 0 Å². The molecule has 0 atom stereocenters. The van der Waals surface area contributed by atoms with Crippen molar-refractivity contribution in [1.82, 2.24) is 4.57 Å². The van der Waals surface area contributed by atoms with Crippen LogP contribution in [-0.2, 0) is 6.54 Å².